The first kappa shape index (κ1) is 16.3. The van der Waals surface area contributed by atoms with E-state index in [1.807, 2.05) is 0 Å². The average molecular weight is 286 g/mol. The molecule has 1 aliphatic carbocycles. The Bertz CT molecular complexity index is 369. The third kappa shape index (κ3) is 5.07. The van der Waals surface area contributed by atoms with Gasteiger partial charge in [-0.3, -0.25) is 9.59 Å². The Kier molecular flexibility index (Phi) is 5.79. The molecule has 1 fully saturated rings. The number of rotatable bonds is 5. The highest BCUT2D eigenvalue weighted by atomic mass is 16.4. The quantitative estimate of drug-likeness (QED) is 0.698. The number of hydrogen-bond donors (Lipinski definition) is 3. The fourth-order valence-electron chi connectivity index (χ4n) is 2.47. The molecular weight excluding hydrogens is 264 g/mol. The van der Waals surface area contributed by atoms with Crippen molar-refractivity contribution in [3.63, 3.8) is 0 Å². The number of carboxylic acids is 2. The first-order valence-corrected chi connectivity index (χ1v) is 6.78. The summed E-state index contributed by atoms with van der Waals surface area (Å²) in [5, 5.41) is 20.2. The molecular formula is C13H22N2O5. The van der Waals surface area contributed by atoms with Crippen LogP contribution >= 0.6 is 0 Å². The van der Waals surface area contributed by atoms with Gasteiger partial charge in [0.15, 0.2) is 0 Å². The van der Waals surface area contributed by atoms with Gasteiger partial charge in [0.25, 0.3) is 0 Å². The lowest BCUT2D eigenvalue weighted by Crippen LogP contribution is -2.49. The lowest BCUT2D eigenvalue weighted by molar-refractivity contribution is -0.140. The Hall–Kier alpha value is -1.79. The Morgan fingerprint density at radius 1 is 1.05 bits per heavy atom. The second-order valence-corrected chi connectivity index (χ2v) is 5.56. The van der Waals surface area contributed by atoms with Gasteiger partial charge in [-0.2, -0.15) is 0 Å². The molecule has 7 heteroatoms. The summed E-state index contributed by atoms with van der Waals surface area (Å²) in [5.74, 6) is -1.36. The summed E-state index contributed by atoms with van der Waals surface area (Å²) in [7, 11) is 0. The van der Waals surface area contributed by atoms with Crippen LogP contribution < -0.4 is 5.32 Å². The van der Waals surface area contributed by atoms with E-state index in [4.69, 9.17) is 10.2 Å². The molecule has 114 valence electrons. The molecule has 0 saturated heterocycles. The Balaban J connectivity index is 2.56. The van der Waals surface area contributed by atoms with Gasteiger partial charge in [-0.25, -0.2) is 4.79 Å². The second-order valence-electron chi connectivity index (χ2n) is 5.56. The Morgan fingerprint density at radius 3 is 2.05 bits per heavy atom. The number of carboxylic acid groups (broad SMARTS) is 2. The summed E-state index contributed by atoms with van der Waals surface area (Å²) < 4.78 is 0. The SMILES string of the molecule is CC1CCC(NC(=O)N(CC(=O)O)CC(=O)O)CC1C. The van der Waals surface area contributed by atoms with Crippen LogP contribution in [-0.4, -0.2) is 52.2 Å². The third-order valence-electron chi connectivity index (χ3n) is 3.87. The molecule has 3 N–H and O–H groups in total. The predicted octanol–water partition coefficient (Wildman–Crippen LogP) is 0.992. The van der Waals surface area contributed by atoms with E-state index in [1.54, 1.807) is 0 Å². The van der Waals surface area contributed by atoms with Gasteiger partial charge in [0.1, 0.15) is 13.1 Å². The molecule has 2 amide bonds. The van der Waals surface area contributed by atoms with E-state index in [0.29, 0.717) is 11.8 Å². The van der Waals surface area contributed by atoms with Gasteiger partial charge in [0, 0.05) is 6.04 Å². The van der Waals surface area contributed by atoms with Crippen LogP contribution in [0.5, 0.6) is 0 Å². The minimum absolute atomic E-state index is 0.0150. The topological polar surface area (TPSA) is 107 Å². The van der Waals surface area contributed by atoms with E-state index >= 15 is 0 Å². The monoisotopic (exact) mass is 286 g/mol. The number of amides is 2. The number of carbonyl (C=O) groups is 3. The molecule has 20 heavy (non-hydrogen) atoms. The molecule has 0 aromatic heterocycles. The minimum atomic E-state index is -1.23. The van der Waals surface area contributed by atoms with Crippen molar-refractivity contribution < 1.29 is 24.6 Å². The van der Waals surface area contributed by atoms with Crippen LogP contribution in [0.2, 0.25) is 0 Å². The fraction of sp³-hybridized carbons (Fsp3) is 0.769. The number of aliphatic carboxylic acids is 2. The molecule has 0 aliphatic heterocycles. The van der Waals surface area contributed by atoms with Crippen LogP contribution in [-0.2, 0) is 9.59 Å². The van der Waals surface area contributed by atoms with E-state index in [1.165, 1.54) is 0 Å². The highest BCUT2D eigenvalue weighted by Gasteiger charge is 2.28. The van der Waals surface area contributed by atoms with Gasteiger partial charge in [-0.15, -0.1) is 0 Å². The van der Waals surface area contributed by atoms with Crippen LogP contribution in [0.25, 0.3) is 0 Å². The summed E-state index contributed by atoms with van der Waals surface area (Å²) >= 11 is 0. The molecule has 3 atom stereocenters. The molecule has 0 aromatic rings. The highest BCUT2D eigenvalue weighted by molar-refractivity contribution is 5.84. The van der Waals surface area contributed by atoms with Gasteiger partial charge in [-0.1, -0.05) is 13.8 Å². The molecule has 1 aliphatic rings. The van der Waals surface area contributed by atoms with Crippen LogP contribution in [0.4, 0.5) is 4.79 Å². The Morgan fingerprint density at radius 2 is 1.60 bits per heavy atom. The maximum absolute atomic E-state index is 12.0. The largest absolute Gasteiger partial charge is 0.480 e. The zero-order valence-corrected chi connectivity index (χ0v) is 11.8. The normalized spacial score (nSPS) is 25.8. The molecule has 1 rings (SSSR count). The minimum Gasteiger partial charge on any atom is -0.480 e. The number of urea groups is 1. The van der Waals surface area contributed by atoms with Crippen LogP contribution in [0, 0.1) is 11.8 Å². The van der Waals surface area contributed by atoms with Crippen molar-refractivity contribution >= 4 is 18.0 Å². The summed E-state index contributed by atoms with van der Waals surface area (Å²) in [4.78, 5) is 34.1. The maximum atomic E-state index is 12.0. The zero-order chi connectivity index (χ0) is 15.3. The van der Waals surface area contributed by atoms with Crippen molar-refractivity contribution in [2.75, 3.05) is 13.1 Å². The van der Waals surface area contributed by atoms with Crippen molar-refractivity contribution in [3.8, 4) is 0 Å². The first-order valence-electron chi connectivity index (χ1n) is 6.78. The van der Waals surface area contributed by atoms with Crippen LogP contribution in [0.15, 0.2) is 0 Å². The third-order valence-corrected chi connectivity index (χ3v) is 3.87. The highest BCUT2D eigenvalue weighted by Crippen LogP contribution is 2.29. The number of nitrogens with one attached hydrogen (secondary N) is 1. The van der Waals surface area contributed by atoms with Gasteiger partial charge < -0.3 is 20.4 Å². The second kappa shape index (κ2) is 7.12. The molecule has 0 bridgehead atoms. The van der Waals surface area contributed by atoms with Crippen LogP contribution in [0.3, 0.4) is 0 Å². The fourth-order valence-corrected chi connectivity index (χ4v) is 2.47. The van der Waals surface area contributed by atoms with Crippen molar-refractivity contribution in [2.45, 2.75) is 39.2 Å². The van der Waals surface area contributed by atoms with E-state index in [9.17, 15) is 14.4 Å². The number of hydrogen-bond acceptors (Lipinski definition) is 3. The van der Waals surface area contributed by atoms with Crippen molar-refractivity contribution in [2.24, 2.45) is 11.8 Å². The van der Waals surface area contributed by atoms with E-state index < -0.39 is 31.1 Å². The average Bonchev–Trinajstić information content (AvgIpc) is 2.32. The van der Waals surface area contributed by atoms with Gasteiger partial charge >= 0.3 is 18.0 Å². The molecule has 0 aromatic carbocycles. The smallest absolute Gasteiger partial charge is 0.323 e. The number of nitrogens with zero attached hydrogens (tertiary/aromatic N) is 1. The van der Waals surface area contributed by atoms with Gasteiger partial charge in [0.2, 0.25) is 0 Å². The summed E-state index contributed by atoms with van der Waals surface area (Å²) in [6.07, 6.45) is 2.68. The molecule has 7 nitrogen and oxygen atoms in total. The zero-order valence-electron chi connectivity index (χ0n) is 11.8. The summed E-state index contributed by atoms with van der Waals surface area (Å²) in [6, 6.07) is -0.639. The molecule has 0 spiro atoms. The Labute approximate surface area is 117 Å². The predicted molar refractivity (Wildman–Crippen MR) is 71.3 cm³/mol. The molecule has 0 heterocycles. The summed E-state index contributed by atoms with van der Waals surface area (Å²) in [6.45, 7) is 3.06. The number of carbonyl (C=O) groups excluding carboxylic acids is 1. The van der Waals surface area contributed by atoms with Crippen LogP contribution in [0.1, 0.15) is 33.1 Å². The lowest BCUT2D eigenvalue weighted by atomic mass is 9.79. The first-order chi connectivity index (χ1) is 9.29. The van der Waals surface area contributed by atoms with Gasteiger partial charge in [-0.05, 0) is 31.1 Å². The molecule has 0 radical (unpaired) electrons. The van der Waals surface area contributed by atoms with Gasteiger partial charge in [0.05, 0.1) is 0 Å². The maximum Gasteiger partial charge on any atom is 0.323 e. The van der Waals surface area contributed by atoms with Crippen molar-refractivity contribution in [1.82, 2.24) is 10.2 Å². The standard InChI is InChI=1S/C13H22N2O5/c1-8-3-4-10(5-9(8)2)14-13(20)15(6-11(16)17)7-12(18)19/h8-10H,3-7H2,1-2H3,(H,14,20)(H,16,17)(H,18,19). The summed E-state index contributed by atoms with van der Waals surface area (Å²) in [5.41, 5.74) is 0. The molecule has 1 saturated carbocycles. The lowest BCUT2D eigenvalue weighted by Gasteiger charge is -2.33. The van der Waals surface area contributed by atoms with E-state index in [0.717, 1.165) is 24.2 Å². The molecule has 3 unspecified atom stereocenters. The van der Waals surface area contributed by atoms with Crippen molar-refractivity contribution in [3.05, 3.63) is 0 Å². The van der Waals surface area contributed by atoms with E-state index in [2.05, 4.69) is 19.2 Å². The van der Waals surface area contributed by atoms with Crippen molar-refractivity contribution in [1.29, 1.82) is 0 Å². The van der Waals surface area contributed by atoms with E-state index in [-0.39, 0.29) is 6.04 Å².